The Morgan fingerprint density at radius 2 is 1.34 bits per heavy atom. The lowest BCUT2D eigenvalue weighted by Crippen LogP contribution is -2.59. The van der Waals surface area contributed by atoms with Gasteiger partial charge in [-0.05, 0) is 26.0 Å². The van der Waals surface area contributed by atoms with Gasteiger partial charge in [-0.15, -0.1) is 0 Å². The number of nitrogens with zero attached hydrogens (tertiary/aromatic N) is 4. The van der Waals surface area contributed by atoms with E-state index < -0.39 is 5.54 Å². The molecule has 1 aromatic heterocycles. The molecule has 0 bridgehead atoms. The summed E-state index contributed by atoms with van der Waals surface area (Å²) in [5.74, 6) is 0.977. The summed E-state index contributed by atoms with van der Waals surface area (Å²) in [6, 6.07) is 12.0. The summed E-state index contributed by atoms with van der Waals surface area (Å²) in [5, 5.41) is 0. The normalized spacial score (nSPS) is 14.1. The Morgan fingerprint density at radius 1 is 0.829 bits per heavy atom. The fraction of sp³-hybridized carbons (Fsp3) is 0.346. The third-order valence-electron chi connectivity index (χ3n) is 6.00. The molecule has 0 atom stereocenters. The molecule has 184 valence electrons. The van der Waals surface area contributed by atoms with Crippen LogP contribution in [0.15, 0.2) is 48.8 Å². The average Bonchev–Trinajstić information content (AvgIpc) is 2.85. The standard InChI is InChI=1S/C26H32N6O3/c1-7-34-21-15-17(31(3)4)9-11-19(21)26(24-23(25(33)29-30-26)27-13-14-28-24)20-12-10-18(32(5)6)16-22(20)35-8-2/h9-16,30H,7-8H2,1-6H3,(H,29,33). The number of rotatable bonds is 8. The summed E-state index contributed by atoms with van der Waals surface area (Å²) < 4.78 is 12.3. The Balaban J connectivity index is 2.10. The van der Waals surface area contributed by atoms with Gasteiger partial charge in [-0.3, -0.25) is 15.2 Å². The highest BCUT2D eigenvalue weighted by Gasteiger charge is 2.48. The average molecular weight is 477 g/mol. The quantitative estimate of drug-likeness (QED) is 0.513. The van der Waals surface area contributed by atoms with Crippen LogP contribution in [0.2, 0.25) is 0 Å². The van der Waals surface area contributed by atoms with Gasteiger partial charge in [0.05, 0.1) is 13.2 Å². The van der Waals surface area contributed by atoms with Crippen LogP contribution >= 0.6 is 0 Å². The molecule has 4 rings (SSSR count). The lowest BCUT2D eigenvalue weighted by atomic mass is 9.77. The Bertz CT molecular complexity index is 1170. The molecule has 2 aromatic carbocycles. The molecule has 0 unspecified atom stereocenters. The molecule has 0 aliphatic carbocycles. The number of carbonyl (C=O) groups is 1. The van der Waals surface area contributed by atoms with Gasteiger partial charge in [0.1, 0.15) is 22.7 Å². The number of amides is 1. The number of benzene rings is 2. The van der Waals surface area contributed by atoms with E-state index in [1.165, 1.54) is 6.20 Å². The second kappa shape index (κ2) is 9.79. The van der Waals surface area contributed by atoms with Crippen LogP contribution in [-0.4, -0.2) is 57.3 Å². The highest BCUT2D eigenvalue weighted by atomic mass is 16.5. The molecule has 1 aliphatic heterocycles. The van der Waals surface area contributed by atoms with Gasteiger partial charge in [0.25, 0.3) is 5.91 Å². The third kappa shape index (κ3) is 4.23. The molecular weight excluding hydrogens is 444 g/mol. The second-order valence-corrected chi connectivity index (χ2v) is 8.60. The summed E-state index contributed by atoms with van der Waals surface area (Å²) in [6.07, 6.45) is 3.11. The van der Waals surface area contributed by atoms with Crippen LogP contribution < -0.4 is 30.1 Å². The first-order valence-electron chi connectivity index (χ1n) is 11.6. The molecule has 35 heavy (non-hydrogen) atoms. The molecule has 1 amide bonds. The van der Waals surface area contributed by atoms with Gasteiger partial charge in [0.15, 0.2) is 5.69 Å². The van der Waals surface area contributed by atoms with Gasteiger partial charge in [0, 0.05) is 75.2 Å². The van der Waals surface area contributed by atoms with Gasteiger partial charge in [-0.2, -0.15) is 0 Å². The fourth-order valence-corrected chi connectivity index (χ4v) is 4.33. The molecule has 0 radical (unpaired) electrons. The van der Waals surface area contributed by atoms with Crippen molar-refractivity contribution in [3.63, 3.8) is 0 Å². The summed E-state index contributed by atoms with van der Waals surface area (Å²) in [6.45, 7) is 4.83. The first kappa shape index (κ1) is 24.3. The van der Waals surface area contributed by atoms with E-state index >= 15 is 0 Å². The van der Waals surface area contributed by atoms with Crippen LogP contribution in [0.5, 0.6) is 11.5 Å². The van der Waals surface area contributed by atoms with Gasteiger partial charge in [0.2, 0.25) is 0 Å². The molecule has 0 spiro atoms. The Kier molecular flexibility index (Phi) is 6.79. The first-order valence-corrected chi connectivity index (χ1v) is 11.6. The second-order valence-electron chi connectivity index (χ2n) is 8.60. The minimum absolute atomic E-state index is 0.240. The van der Waals surface area contributed by atoms with Crippen LogP contribution in [0.3, 0.4) is 0 Å². The van der Waals surface area contributed by atoms with Crippen LogP contribution in [0.4, 0.5) is 11.4 Å². The van der Waals surface area contributed by atoms with Gasteiger partial charge >= 0.3 is 0 Å². The van der Waals surface area contributed by atoms with Crippen LogP contribution in [0, 0.1) is 0 Å². The molecule has 0 saturated heterocycles. The summed E-state index contributed by atoms with van der Waals surface area (Å²) >= 11 is 0. The van der Waals surface area contributed by atoms with Crippen molar-refractivity contribution in [2.45, 2.75) is 19.4 Å². The minimum atomic E-state index is -1.12. The van der Waals surface area contributed by atoms with E-state index in [4.69, 9.17) is 9.47 Å². The molecular formula is C26H32N6O3. The maximum absolute atomic E-state index is 12.8. The van der Waals surface area contributed by atoms with Crippen molar-refractivity contribution in [2.75, 3.05) is 51.2 Å². The summed E-state index contributed by atoms with van der Waals surface area (Å²) in [4.78, 5) is 25.9. The van der Waals surface area contributed by atoms with Crippen molar-refractivity contribution in [3.8, 4) is 11.5 Å². The van der Waals surface area contributed by atoms with Crippen molar-refractivity contribution < 1.29 is 14.3 Å². The Labute approximate surface area is 206 Å². The van der Waals surface area contributed by atoms with E-state index in [-0.39, 0.29) is 11.6 Å². The van der Waals surface area contributed by atoms with E-state index in [0.717, 1.165) is 22.5 Å². The number of hydrogen-bond donors (Lipinski definition) is 2. The monoisotopic (exact) mass is 476 g/mol. The van der Waals surface area contributed by atoms with Crippen LogP contribution in [-0.2, 0) is 5.54 Å². The number of fused-ring (bicyclic) bond motifs is 1. The highest BCUT2D eigenvalue weighted by molar-refractivity contribution is 5.95. The topological polar surface area (TPSA) is 91.8 Å². The number of hydrazine groups is 1. The van der Waals surface area contributed by atoms with Gasteiger partial charge in [-0.1, -0.05) is 12.1 Å². The predicted molar refractivity (Wildman–Crippen MR) is 136 cm³/mol. The smallest absolute Gasteiger partial charge is 0.286 e. The van der Waals surface area contributed by atoms with E-state index in [1.54, 1.807) is 6.20 Å². The number of ether oxygens (including phenoxy) is 2. The zero-order chi connectivity index (χ0) is 25.2. The molecule has 9 nitrogen and oxygen atoms in total. The van der Waals surface area contributed by atoms with E-state index in [0.29, 0.717) is 30.4 Å². The summed E-state index contributed by atoms with van der Waals surface area (Å²) in [5.41, 5.74) is 9.22. The zero-order valence-corrected chi connectivity index (χ0v) is 21.0. The third-order valence-corrected chi connectivity index (χ3v) is 6.00. The molecule has 9 heteroatoms. The van der Waals surface area contributed by atoms with E-state index in [9.17, 15) is 4.79 Å². The van der Waals surface area contributed by atoms with Crippen molar-refractivity contribution in [1.82, 2.24) is 20.8 Å². The molecule has 1 aliphatic rings. The first-order chi connectivity index (χ1) is 16.8. The van der Waals surface area contributed by atoms with Crippen LogP contribution in [0.25, 0.3) is 0 Å². The predicted octanol–water partition coefficient (Wildman–Crippen LogP) is 2.95. The molecule has 0 saturated carbocycles. The Hall–Kier alpha value is -3.85. The SMILES string of the molecule is CCOc1cc(N(C)C)ccc1C1(c2ccc(N(C)C)cc2OCC)NNC(=O)c2nccnc21. The molecule has 3 aromatic rings. The number of aromatic nitrogens is 2. The van der Waals surface area contributed by atoms with Crippen molar-refractivity contribution >= 4 is 17.3 Å². The van der Waals surface area contributed by atoms with Crippen LogP contribution in [0.1, 0.15) is 41.2 Å². The molecule has 2 N–H and O–H groups in total. The van der Waals surface area contributed by atoms with Crippen molar-refractivity contribution in [2.24, 2.45) is 0 Å². The maximum atomic E-state index is 12.8. The van der Waals surface area contributed by atoms with E-state index in [2.05, 4.69) is 20.8 Å². The maximum Gasteiger partial charge on any atom is 0.286 e. The van der Waals surface area contributed by atoms with E-state index in [1.807, 2.05) is 88.2 Å². The number of hydrogen-bond acceptors (Lipinski definition) is 8. The Morgan fingerprint density at radius 3 is 1.83 bits per heavy atom. The fourth-order valence-electron chi connectivity index (χ4n) is 4.33. The van der Waals surface area contributed by atoms with Gasteiger partial charge in [-0.25, -0.2) is 10.4 Å². The van der Waals surface area contributed by atoms with Gasteiger partial charge < -0.3 is 19.3 Å². The summed E-state index contributed by atoms with van der Waals surface area (Å²) in [7, 11) is 7.92. The number of anilines is 2. The lowest BCUT2D eigenvalue weighted by molar-refractivity contribution is 0.0886. The molecule has 0 fully saturated rings. The van der Waals surface area contributed by atoms with Crippen molar-refractivity contribution in [1.29, 1.82) is 0 Å². The number of carbonyl (C=O) groups excluding carboxylic acids is 1. The minimum Gasteiger partial charge on any atom is -0.493 e. The zero-order valence-electron chi connectivity index (χ0n) is 21.0. The molecule has 2 heterocycles. The van der Waals surface area contributed by atoms with Crippen molar-refractivity contribution in [3.05, 3.63) is 71.3 Å². The number of nitrogens with one attached hydrogen (secondary N) is 2. The highest BCUT2D eigenvalue weighted by Crippen LogP contribution is 2.47. The largest absolute Gasteiger partial charge is 0.493 e. The lowest BCUT2D eigenvalue weighted by Gasteiger charge is -2.40.